The lowest BCUT2D eigenvalue weighted by molar-refractivity contribution is 0.246. The third kappa shape index (κ3) is 3.35. The number of hydrogen-bond acceptors (Lipinski definition) is 2. The highest BCUT2D eigenvalue weighted by atomic mass is 19.1. The van der Waals surface area contributed by atoms with E-state index >= 15 is 0 Å². The van der Waals surface area contributed by atoms with Gasteiger partial charge in [-0.2, -0.15) is 0 Å². The molecule has 0 saturated heterocycles. The standard InChI is InChI=1S/C29H23FN2/c30-23-13-10-22(11-14-23)29-26-19-32(18-20-6-2-1-3-7-20)17-16-25(26)28-24-9-5-4-8-21(24)12-15-27(28)31-29/h1-15H,16-19H2. The highest BCUT2D eigenvalue weighted by Crippen LogP contribution is 2.37. The summed E-state index contributed by atoms with van der Waals surface area (Å²) in [5.41, 5.74) is 6.93. The Morgan fingerprint density at radius 1 is 0.781 bits per heavy atom. The van der Waals surface area contributed by atoms with Crippen molar-refractivity contribution in [3.8, 4) is 11.3 Å². The van der Waals surface area contributed by atoms with Gasteiger partial charge in [0, 0.05) is 30.6 Å². The van der Waals surface area contributed by atoms with Gasteiger partial charge in [-0.05, 0) is 64.2 Å². The quantitative estimate of drug-likeness (QED) is 0.301. The van der Waals surface area contributed by atoms with Crippen LogP contribution in [0.5, 0.6) is 0 Å². The molecule has 0 bridgehead atoms. The second kappa shape index (κ2) is 7.85. The van der Waals surface area contributed by atoms with Gasteiger partial charge in [0.15, 0.2) is 0 Å². The predicted octanol–water partition coefficient (Wildman–Crippen LogP) is 6.75. The van der Waals surface area contributed by atoms with Gasteiger partial charge in [-0.25, -0.2) is 9.37 Å². The van der Waals surface area contributed by atoms with E-state index in [4.69, 9.17) is 4.98 Å². The van der Waals surface area contributed by atoms with E-state index < -0.39 is 0 Å². The largest absolute Gasteiger partial charge is 0.294 e. The van der Waals surface area contributed by atoms with E-state index in [0.717, 1.165) is 42.8 Å². The van der Waals surface area contributed by atoms with Crippen LogP contribution in [0.25, 0.3) is 32.9 Å². The first-order valence-electron chi connectivity index (χ1n) is 11.1. The summed E-state index contributed by atoms with van der Waals surface area (Å²) in [4.78, 5) is 7.62. The van der Waals surface area contributed by atoms with E-state index in [1.165, 1.54) is 45.0 Å². The first-order chi connectivity index (χ1) is 15.8. The molecule has 1 aliphatic heterocycles. The smallest absolute Gasteiger partial charge is 0.123 e. The number of nitrogens with zero attached hydrogens (tertiary/aromatic N) is 2. The molecule has 0 aliphatic carbocycles. The summed E-state index contributed by atoms with van der Waals surface area (Å²) in [6, 6.07) is 30.2. The van der Waals surface area contributed by atoms with Crippen LogP contribution in [0.15, 0.2) is 91.0 Å². The van der Waals surface area contributed by atoms with Gasteiger partial charge in [-0.15, -0.1) is 0 Å². The monoisotopic (exact) mass is 418 g/mol. The molecule has 4 aromatic carbocycles. The van der Waals surface area contributed by atoms with Gasteiger partial charge < -0.3 is 0 Å². The Morgan fingerprint density at radius 2 is 1.56 bits per heavy atom. The van der Waals surface area contributed by atoms with Gasteiger partial charge in [-0.1, -0.05) is 60.7 Å². The lowest BCUT2D eigenvalue weighted by Crippen LogP contribution is -2.31. The van der Waals surface area contributed by atoms with Crippen LogP contribution in [0.4, 0.5) is 4.39 Å². The fourth-order valence-electron chi connectivity index (χ4n) is 4.99. The molecule has 0 atom stereocenters. The van der Waals surface area contributed by atoms with Crippen molar-refractivity contribution in [2.45, 2.75) is 19.5 Å². The van der Waals surface area contributed by atoms with Crippen LogP contribution in [0.2, 0.25) is 0 Å². The Morgan fingerprint density at radius 3 is 2.41 bits per heavy atom. The molecule has 2 nitrogen and oxygen atoms in total. The fourth-order valence-corrected chi connectivity index (χ4v) is 4.99. The summed E-state index contributed by atoms with van der Waals surface area (Å²) >= 11 is 0. The Labute approximate surface area is 187 Å². The lowest BCUT2D eigenvalue weighted by atomic mass is 9.89. The van der Waals surface area contributed by atoms with Gasteiger partial charge in [0.25, 0.3) is 0 Å². The maximum atomic E-state index is 13.6. The van der Waals surface area contributed by atoms with E-state index in [9.17, 15) is 4.39 Å². The summed E-state index contributed by atoms with van der Waals surface area (Å²) in [6.45, 7) is 2.76. The fraction of sp³-hybridized carbons (Fsp3) is 0.138. The predicted molar refractivity (Wildman–Crippen MR) is 129 cm³/mol. The minimum atomic E-state index is -0.222. The van der Waals surface area contributed by atoms with Crippen molar-refractivity contribution in [1.29, 1.82) is 0 Å². The summed E-state index contributed by atoms with van der Waals surface area (Å²) in [6.07, 6.45) is 0.976. The van der Waals surface area contributed by atoms with Crippen LogP contribution < -0.4 is 0 Å². The zero-order chi connectivity index (χ0) is 21.5. The number of pyridine rings is 1. The van der Waals surface area contributed by atoms with Crippen LogP contribution in [0.3, 0.4) is 0 Å². The minimum Gasteiger partial charge on any atom is -0.294 e. The highest BCUT2D eigenvalue weighted by molar-refractivity contribution is 6.09. The molecule has 2 heterocycles. The summed E-state index contributed by atoms with van der Waals surface area (Å²) < 4.78 is 13.6. The third-order valence-corrected chi connectivity index (χ3v) is 6.52. The maximum Gasteiger partial charge on any atom is 0.123 e. The SMILES string of the molecule is Fc1ccc(-c2nc3ccc4ccccc4c3c3c2CN(Cc2ccccc2)CC3)cc1. The molecular formula is C29H23FN2. The topological polar surface area (TPSA) is 16.1 Å². The molecule has 1 aromatic heterocycles. The second-order valence-corrected chi connectivity index (χ2v) is 8.55. The number of benzene rings is 4. The molecule has 32 heavy (non-hydrogen) atoms. The van der Waals surface area contributed by atoms with E-state index in [1.807, 2.05) is 12.1 Å². The van der Waals surface area contributed by atoms with E-state index in [0.29, 0.717) is 0 Å². The van der Waals surface area contributed by atoms with Crippen molar-refractivity contribution in [2.75, 3.05) is 6.54 Å². The van der Waals surface area contributed by atoms with Gasteiger partial charge in [0.1, 0.15) is 5.82 Å². The van der Waals surface area contributed by atoms with Crippen molar-refractivity contribution in [3.05, 3.63) is 114 Å². The zero-order valence-corrected chi connectivity index (χ0v) is 17.8. The van der Waals surface area contributed by atoms with Crippen LogP contribution in [0.1, 0.15) is 16.7 Å². The van der Waals surface area contributed by atoms with E-state index in [-0.39, 0.29) is 5.82 Å². The first-order valence-corrected chi connectivity index (χ1v) is 11.1. The van der Waals surface area contributed by atoms with Gasteiger partial charge >= 0.3 is 0 Å². The van der Waals surface area contributed by atoms with Crippen molar-refractivity contribution >= 4 is 21.7 Å². The Kier molecular flexibility index (Phi) is 4.70. The molecule has 1 aliphatic rings. The molecule has 156 valence electrons. The zero-order valence-electron chi connectivity index (χ0n) is 17.8. The summed E-state index contributed by atoms with van der Waals surface area (Å²) in [5.74, 6) is -0.222. The van der Waals surface area contributed by atoms with Crippen LogP contribution in [0, 0.1) is 5.82 Å². The molecule has 0 amide bonds. The maximum absolute atomic E-state index is 13.6. The molecule has 0 spiro atoms. The number of fused-ring (bicyclic) bond motifs is 5. The molecular weight excluding hydrogens is 395 g/mol. The lowest BCUT2D eigenvalue weighted by Gasteiger charge is -2.31. The van der Waals surface area contributed by atoms with Crippen molar-refractivity contribution in [2.24, 2.45) is 0 Å². The molecule has 0 radical (unpaired) electrons. The highest BCUT2D eigenvalue weighted by Gasteiger charge is 2.24. The molecule has 6 rings (SSSR count). The number of hydrogen-bond donors (Lipinski definition) is 0. The van der Waals surface area contributed by atoms with Crippen molar-refractivity contribution in [1.82, 2.24) is 9.88 Å². The molecule has 3 heteroatoms. The Bertz CT molecular complexity index is 1430. The minimum absolute atomic E-state index is 0.222. The number of aromatic nitrogens is 1. The average Bonchev–Trinajstić information content (AvgIpc) is 2.84. The average molecular weight is 419 g/mol. The van der Waals surface area contributed by atoms with Crippen LogP contribution in [-0.2, 0) is 19.5 Å². The van der Waals surface area contributed by atoms with Crippen molar-refractivity contribution < 1.29 is 4.39 Å². The normalized spacial score (nSPS) is 14.0. The first kappa shape index (κ1) is 19.1. The second-order valence-electron chi connectivity index (χ2n) is 8.55. The molecule has 0 saturated carbocycles. The number of rotatable bonds is 3. The van der Waals surface area contributed by atoms with Gasteiger partial charge in [0.05, 0.1) is 11.2 Å². The van der Waals surface area contributed by atoms with Crippen LogP contribution >= 0.6 is 0 Å². The number of halogens is 1. The van der Waals surface area contributed by atoms with Crippen molar-refractivity contribution in [3.63, 3.8) is 0 Å². The summed E-state index contributed by atoms with van der Waals surface area (Å²) in [5, 5.41) is 3.77. The summed E-state index contributed by atoms with van der Waals surface area (Å²) in [7, 11) is 0. The molecule has 0 unspecified atom stereocenters. The molecule has 0 N–H and O–H groups in total. The van der Waals surface area contributed by atoms with Crippen LogP contribution in [-0.4, -0.2) is 16.4 Å². The van der Waals surface area contributed by atoms with E-state index in [1.54, 1.807) is 0 Å². The van der Waals surface area contributed by atoms with Gasteiger partial charge in [0.2, 0.25) is 0 Å². The van der Waals surface area contributed by atoms with Gasteiger partial charge in [-0.3, -0.25) is 4.90 Å². The Balaban J connectivity index is 1.54. The van der Waals surface area contributed by atoms with E-state index in [2.05, 4.69) is 71.6 Å². The molecule has 5 aromatic rings. The molecule has 0 fully saturated rings. The Hall–Kier alpha value is -3.56. The third-order valence-electron chi connectivity index (χ3n) is 6.52.